The number of H-pyrrole nitrogens is 1. The highest BCUT2D eigenvalue weighted by Gasteiger charge is 2.21. The van der Waals surface area contributed by atoms with Crippen LogP contribution < -0.4 is 5.32 Å². The molecule has 0 spiro atoms. The van der Waals surface area contributed by atoms with Gasteiger partial charge in [0.05, 0.1) is 0 Å². The molecule has 1 heterocycles. The van der Waals surface area contributed by atoms with E-state index in [1.807, 2.05) is 26.0 Å². The van der Waals surface area contributed by atoms with Crippen molar-refractivity contribution in [1.82, 2.24) is 10.2 Å². The number of aromatic nitrogens is 2. The Hall–Kier alpha value is -2.10. The van der Waals surface area contributed by atoms with E-state index in [9.17, 15) is 4.79 Å². The predicted octanol–water partition coefficient (Wildman–Crippen LogP) is 3.16. The quantitative estimate of drug-likeness (QED) is 0.879. The van der Waals surface area contributed by atoms with Crippen molar-refractivity contribution in [1.29, 1.82) is 0 Å². The van der Waals surface area contributed by atoms with Crippen molar-refractivity contribution in [3.8, 4) is 0 Å². The normalized spacial score (nSPS) is 13.9. The molecule has 104 valence electrons. The maximum absolute atomic E-state index is 12.4. The molecule has 2 aromatic rings. The monoisotopic (exact) mass is 269 g/mol. The number of aryl methyl sites for hydroxylation is 3. The maximum Gasteiger partial charge on any atom is 0.276 e. The van der Waals surface area contributed by atoms with E-state index in [0.29, 0.717) is 5.69 Å². The first-order valence-corrected chi connectivity index (χ1v) is 7.10. The molecule has 20 heavy (non-hydrogen) atoms. The van der Waals surface area contributed by atoms with Gasteiger partial charge in [0.25, 0.3) is 5.91 Å². The number of aromatic amines is 1. The molecule has 1 amide bonds. The molecule has 0 atom stereocenters. The molecule has 3 rings (SSSR count). The Labute approximate surface area is 118 Å². The lowest BCUT2D eigenvalue weighted by molar-refractivity contribution is 0.102. The molecule has 0 unspecified atom stereocenters. The Bertz CT molecular complexity index is 658. The summed E-state index contributed by atoms with van der Waals surface area (Å²) in [4.78, 5) is 12.4. The molecule has 1 aliphatic carbocycles. The molecular weight excluding hydrogens is 250 g/mol. The van der Waals surface area contributed by atoms with Crippen molar-refractivity contribution >= 4 is 11.6 Å². The fraction of sp³-hybridized carbons (Fsp3) is 0.375. The van der Waals surface area contributed by atoms with E-state index in [1.165, 1.54) is 12.0 Å². The second kappa shape index (κ2) is 5.12. The van der Waals surface area contributed by atoms with E-state index in [0.717, 1.165) is 41.8 Å². The molecule has 0 saturated carbocycles. The standard InChI is InChI=1S/C16H19N3O/c1-10-7-8-13(11(2)9-10)17-16(20)15-12-5-3-4-6-14(12)18-19-15/h7-9H,3-6H2,1-2H3,(H,17,20)(H,18,19). The van der Waals surface area contributed by atoms with E-state index in [1.54, 1.807) is 0 Å². The van der Waals surface area contributed by atoms with Gasteiger partial charge in [-0.3, -0.25) is 9.89 Å². The third-order valence-corrected chi connectivity index (χ3v) is 3.90. The van der Waals surface area contributed by atoms with Crippen LogP contribution in [0.3, 0.4) is 0 Å². The Kier molecular flexibility index (Phi) is 3.30. The van der Waals surface area contributed by atoms with Gasteiger partial charge >= 0.3 is 0 Å². The summed E-state index contributed by atoms with van der Waals surface area (Å²) in [6.45, 7) is 4.05. The summed E-state index contributed by atoms with van der Waals surface area (Å²) < 4.78 is 0. The van der Waals surface area contributed by atoms with Gasteiger partial charge in [0, 0.05) is 16.9 Å². The highest BCUT2D eigenvalue weighted by atomic mass is 16.1. The van der Waals surface area contributed by atoms with Crippen LogP contribution in [-0.2, 0) is 12.8 Å². The summed E-state index contributed by atoms with van der Waals surface area (Å²) in [5.41, 5.74) is 5.90. The maximum atomic E-state index is 12.4. The summed E-state index contributed by atoms with van der Waals surface area (Å²) in [6.07, 6.45) is 4.25. The second-order valence-electron chi connectivity index (χ2n) is 5.51. The first kappa shape index (κ1) is 12.9. The Morgan fingerprint density at radius 3 is 2.85 bits per heavy atom. The van der Waals surface area contributed by atoms with E-state index in [-0.39, 0.29) is 5.91 Å². The topological polar surface area (TPSA) is 57.8 Å². The molecule has 0 saturated heterocycles. The van der Waals surface area contributed by atoms with Crippen molar-refractivity contribution in [2.24, 2.45) is 0 Å². The predicted molar refractivity (Wildman–Crippen MR) is 79.1 cm³/mol. The number of anilines is 1. The smallest absolute Gasteiger partial charge is 0.276 e. The van der Waals surface area contributed by atoms with E-state index < -0.39 is 0 Å². The number of amides is 1. The second-order valence-corrected chi connectivity index (χ2v) is 5.51. The van der Waals surface area contributed by atoms with Crippen molar-refractivity contribution in [3.63, 3.8) is 0 Å². The first-order chi connectivity index (χ1) is 9.65. The van der Waals surface area contributed by atoms with Gasteiger partial charge < -0.3 is 5.32 Å². The molecule has 1 aromatic carbocycles. The van der Waals surface area contributed by atoms with Crippen LogP contribution in [0.5, 0.6) is 0 Å². The Balaban J connectivity index is 1.84. The van der Waals surface area contributed by atoms with Gasteiger partial charge in [-0.05, 0) is 51.2 Å². The summed E-state index contributed by atoms with van der Waals surface area (Å²) in [5, 5.41) is 10.2. The Morgan fingerprint density at radius 1 is 1.25 bits per heavy atom. The van der Waals surface area contributed by atoms with Gasteiger partial charge in [0.2, 0.25) is 0 Å². The number of hydrogen-bond acceptors (Lipinski definition) is 2. The zero-order chi connectivity index (χ0) is 14.1. The van der Waals surface area contributed by atoms with Gasteiger partial charge in [-0.1, -0.05) is 17.7 Å². The summed E-state index contributed by atoms with van der Waals surface area (Å²) in [6, 6.07) is 6.01. The summed E-state index contributed by atoms with van der Waals surface area (Å²) in [5.74, 6) is -0.114. The molecule has 1 aliphatic rings. The van der Waals surface area contributed by atoms with Gasteiger partial charge in [-0.25, -0.2) is 0 Å². The number of benzene rings is 1. The molecule has 0 bridgehead atoms. The average Bonchev–Trinajstić information content (AvgIpc) is 2.86. The van der Waals surface area contributed by atoms with E-state index in [4.69, 9.17) is 0 Å². The number of fused-ring (bicyclic) bond motifs is 1. The van der Waals surface area contributed by atoms with E-state index in [2.05, 4.69) is 21.6 Å². The van der Waals surface area contributed by atoms with Crippen LogP contribution in [-0.4, -0.2) is 16.1 Å². The third kappa shape index (κ3) is 2.33. The summed E-state index contributed by atoms with van der Waals surface area (Å²) in [7, 11) is 0. The van der Waals surface area contributed by atoms with Crippen LogP contribution in [0.15, 0.2) is 18.2 Å². The zero-order valence-electron chi connectivity index (χ0n) is 11.9. The molecule has 1 aromatic heterocycles. The van der Waals surface area contributed by atoms with Gasteiger partial charge in [-0.15, -0.1) is 0 Å². The lowest BCUT2D eigenvalue weighted by atomic mass is 9.95. The van der Waals surface area contributed by atoms with Crippen molar-refractivity contribution < 1.29 is 4.79 Å². The van der Waals surface area contributed by atoms with Crippen molar-refractivity contribution in [2.75, 3.05) is 5.32 Å². The number of nitrogens with zero attached hydrogens (tertiary/aromatic N) is 1. The lowest BCUT2D eigenvalue weighted by Gasteiger charge is -2.12. The van der Waals surface area contributed by atoms with Crippen molar-refractivity contribution in [3.05, 3.63) is 46.3 Å². The number of carbonyl (C=O) groups excluding carboxylic acids is 1. The van der Waals surface area contributed by atoms with Crippen LogP contribution in [0, 0.1) is 13.8 Å². The fourth-order valence-electron chi connectivity index (χ4n) is 2.80. The van der Waals surface area contributed by atoms with Crippen LogP contribution in [0.2, 0.25) is 0 Å². The summed E-state index contributed by atoms with van der Waals surface area (Å²) >= 11 is 0. The molecule has 2 N–H and O–H groups in total. The minimum absolute atomic E-state index is 0.114. The van der Waals surface area contributed by atoms with Crippen LogP contribution in [0.4, 0.5) is 5.69 Å². The first-order valence-electron chi connectivity index (χ1n) is 7.10. The minimum Gasteiger partial charge on any atom is -0.320 e. The largest absolute Gasteiger partial charge is 0.320 e. The molecular formula is C16H19N3O. The minimum atomic E-state index is -0.114. The van der Waals surface area contributed by atoms with Gasteiger partial charge in [0.1, 0.15) is 0 Å². The molecule has 4 heteroatoms. The zero-order valence-corrected chi connectivity index (χ0v) is 11.9. The number of carbonyl (C=O) groups is 1. The fourth-order valence-corrected chi connectivity index (χ4v) is 2.80. The Morgan fingerprint density at radius 2 is 2.05 bits per heavy atom. The van der Waals surface area contributed by atoms with E-state index >= 15 is 0 Å². The third-order valence-electron chi connectivity index (χ3n) is 3.90. The molecule has 0 radical (unpaired) electrons. The SMILES string of the molecule is Cc1ccc(NC(=O)c2n[nH]c3c2CCCC3)c(C)c1. The molecule has 4 nitrogen and oxygen atoms in total. The van der Waals surface area contributed by atoms with Crippen LogP contribution in [0.25, 0.3) is 0 Å². The average molecular weight is 269 g/mol. The number of nitrogens with one attached hydrogen (secondary N) is 2. The van der Waals surface area contributed by atoms with Gasteiger partial charge in [-0.2, -0.15) is 5.10 Å². The van der Waals surface area contributed by atoms with Crippen LogP contribution >= 0.6 is 0 Å². The van der Waals surface area contributed by atoms with Gasteiger partial charge in [0.15, 0.2) is 5.69 Å². The van der Waals surface area contributed by atoms with Crippen molar-refractivity contribution in [2.45, 2.75) is 39.5 Å². The highest BCUT2D eigenvalue weighted by molar-refractivity contribution is 6.04. The number of hydrogen-bond donors (Lipinski definition) is 2. The molecule has 0 fully saturated rings. The van der Waals surface area contributed by atoms with Crippen LogP contribution in [0.1, 0.15) is 45.7 Å². The molecule has 0 aliphatic heterocycles. The number of rotatable bonds is 2. The lowest BCUT2D eigenvalue weighted by Crippen LogP contribution is -2.16. The highest BCUT2D eigenvalue weighted by Crippen LogP contribution is 2.23.